The molecule has 1 unspecified atom stereocenters. The fourth-order valence-corrected chi connectivity index (χ4v) is 3.66. The van der Waals surface area contributed by atoms with E-state index < -0.39 is 5.91 Å². The molecule has 0 saturated heterocycles. The Morgan fingerprint density at radius 3 is 2.27 bits per heavy atom. The van der Waals surface area contributed by atoms with Gasteiger partial charge < -0.3 is 5.32 Å². The van der Waals surface area contributed by atoms with Crippen LogP contribution >= 0.6 is 57.7 Å². The first-order valence-corrected chi connectivity index (χ1v) is 8.50. The van der Waals surface area contributed by atoms with Crippen molar-refractivity contribution in [2.24, 2.45) is 0 Å². The molecule has 2 heterocycles. The normalized spacial score (nSPS) is 12.3. The summed E-state index contributed by atoms with van der Waals surface area (Å²) in [6.45, 7) is 5.65. The highest BCUT2D eigenvalue weighted by atomic mass is 35.5. The Hall–Kier alpha value is -0.590. The van der Waals surface area contributed by atoms with Crippen molar-refractivity contribution >= 4 is 63.6 Å². The van der Waals surface area contributed by atoms with E-state index in [0.717, 1.165) is 15.6 Å². The molecule has 0 aliphatic carbocycles. The number of nitrogens with zero attached hydrogens (tertiary/aromatic N) is 2. The van der Waals surface area contributed by atoms with E-state index in [2.05, 4.69) is 15.3 Å². The molecule has 2 aromatic rings. The summed E-state index contributed by atoms with van der Waals surface area (Å²) >= 11 is 25.2. The predicted molar refractivity (Wildman–Crippen MR) is 91.7 cm³/mol. The maximum Gasteiger partial charge on any atom is 0.272 e. The second-order valence-electron chi connectivity index (χ2n) is 4.57. The van der Waals surface area contributed by atoms with Gasteiger partial charge in [-0.1, -0.05) is 46.4 Å². The van der Waals surface area contributed by atoms with Crippen molar-refractivity contribution < 1.29 is 4.79 Å². The first-order valence-electron chi connectivity index (χ1n) is 6.17. The van der Waals surface area contributed by atoms with Gasteiger partial charge >= 0.3 is 0 Å². The number of halogens is 4. The zero-order valence-corrected chi connectivity index (χ0v) is 15.6. The third-order valence-corrected chi connectivity index (χ3v) is 5.81. The highest BCUT2D eigenvalue weighted by Crippen LogP contribution is 2.36. The molecule has 0 bridgehead atoms. The van der Waals surface area contributed by atoms with Crippen LogP contribution in [-0.2, 0) is 0 Å². The molecule has 1 N–H and O–H groups in total. The van der Waals surface area contributed by atoms with Gasteiger partial charge in [0.1, 0.15) is 10.8 Å². The van der Waals surface area contributed by atoms with Crippen LogP contribution in [-0.4, -0.2) is 15.9 Å². The molecule has 2 rings (SSSR count). The molecule has 2 aromatic heterocycles. The lowest BCUT2D eigenvalue weighted by Crippen LogP contribution is -2.27. The monoisotopic (exact) mass is 397 g/mol. The van der Waals surface area contributed by atoms with Crippen molar-refractivity contribution in [3.63, 3.8) is 0 Å². The van der Waals surface area contributed by atoms with Crippen LogP contribution in [0.3, 0.4) is 0 Å². The third kappa shape index (κ3) is 3.49. The molecule has 22 heavy (non-hydrogen) atoms. The average Bonchev–Trinajstić information content (AvgIpc) is 2.79. The number of carbonyl (C=O) groups is 1. The number of pyridine rings is 1. The van der Waals surface area contributed by atoms with E-state index in [1.54, 1.807) is 0 Å². The quantitative estimate of drug-likeness (QED) is 0.717. The van der Waals surface area contributed by atoms with Gasteiger partial charge in [0.15, 0.2) is 0 Å². The first kappa shape index (κ1) is 17.8. The Bertz CT molecular complexity index is 747. The molecule has 118 valence electrons. The van der Waals surface area contributed by atoms with Crippen LogP contribution in [0.1, 0.15) is 39.0 Å². The third-order valence-electron chi connectivity index (χ3n) is 2.88. The Balaban J connectivity index is 2.28. The van der Waals surface area contributed by atoms with Gasteiger partial charge in [-0.05, 0) is 20.8 Å². The van der Waals surface area contributed by atoms with Crippen molar-refractivity contribution in [1.29, 1.82) is 0 Å². The first-order chi connectivity index (χ1) is 10.2. The fourth-order valence-electron chi connectivity index (χ4n) is 1.92. The highest BCUT2D eigenvalue weighted by Gasteiger charge is 2.23. The summed E-state index contributed by atoms with van der Waals surface area (Å²) in [7, 11) is 0. The molecule has 9 heteroatoms. The molecule has 0 aliphatic heterocycles. The van der Waals surface area contributed by atoms with E-state index in [1.807, 2.05) is 20.8 Å². The number of thiazole rings is 1. The number of amides is 1. The van der Waals surface area contributed by atoms with Crippen LogP contribution < -0.4 is 5.32 Å². The van der Waals surface area contributed by atoms with Crippen molar-refractivity contribution in [1.82, 2.24) is 15.3 Å². The van der Waals surface area contributed by atoms with Gasteiger partial charge in [0, 0.05) is 4.88 Å². The number of rotatable bonds is 3. The van der Waals surface area contributed by atoms with Crippen LogP contribution in [0.15, 0.2) is 0 Å². The lowest BCUT2D eigenvalue weighted by Gasteiger charge is -2.14. The second kappa shape index (κ2) is 6.89. The van der Waals surface area contributed by atoms with Crippen LogP contribution in [0.2, 0.25) is 20.2 Å². The number of nitrogens with one attached hydrogen (secondary N) is 1. The molecule has 0 aliphatic rings. The molecule has 0 aromatic carbocycles. The summed E-state index contributed by atoms with van der Waals surface area (Å²) < 4.78 is 0. The molecule has 0 spiro atoms. The smallest absolute Gasteiger partial charge is 0.272 e. The van der Waals surface area contributed by atoms with Crippen molar-refractivity contribution in [3.05, 3.63) is 41.5 Å². The number of hydrogen-bond donors (Lipinski definition) is 1. The molecule has 0 saturated carbocycles. The van der Waals surface area contributed by atoms with Crippen LogP contribution in [0, 0.1) is 13.8 Å². The summed E-state index contributed by atoms with van der Waals surface area (Å²) in [4.78, 5) is 21.6. The van der Waals surface area contributed by atoms with Gasteiger partial charge in [-0.25, -0.2) is 9.97 Å². The summed E-state index contributed by atoms with van der Waals surface area (Å²) in [6, 6.07) is -0.246. The van der Waals surface area contributed by atoms with Crippen molar-refractivity contribution in [3.8, 4) is 0 Å². The maximum absolute atomic E-state index is 12.3. The lowest BCUT2D eigenvalue weighted by atomic mass is 10.2. The Morgan fingerprint density at radius 1 is 1.09 bits per heavy atom. The zero-order valence-electron chi connectivity index (χ0n) is 11.8. The Kier molecular flexibility index (Phi) is 5.56. The van der Waals surface area contributed by atoms with Gasteiger partial charge in [0.2, 0.25) is 0 Å². The topological polar surface area (TPSA) is 54.9 Å². The van der Waals surface area contributed by atoms with Crippen molar-refractivity contribution in [2.75, 3.05) is 0 Å². The molecule has 1 amide bonds. The molecule has 0 radical (unpaired) electrons. The number of aryl methyl sites for hydroxylation is 2. The summed E-state index contributed by atoms with van der Waals surface area (Å²) in [5.74, 6) is -0.483. The Morgan fingerprint density at radius 2 is 1.73 bits per heavy atom. The molecule has 4 nitrogen and oxygen atoms in total. The number of aromatic nitrogens is 2. The standard InChI is InChI=1S/C13H11Cl4N3OS/c1-4-11(22-6(3)18-4)5(2)19-13(21)10-8(15)7(14)9(16)12(17)20-10/h5H,1-3H3,(H,19,21). The molecular formula is C13H11Cl4N3OS. The van der Waals surface area contributed by atoms with Gasteiger partial charge in [-0.2, -0.15) is 0 Å². The number of hydrogen-bond acceptors (Lipinski definition) is 4. The van der Waals surface area contributed by atoms with Crippen LogP contribution in [0.25, 0.3) is 0 Å². The maximum atomic E-state index is 12.3. The molecular weight excluding hydrogens is 388 g/mol. The Labute approximate surface area is 151 Å². The van der Waals surface area contributed by atoms with Gasteiger partial charge in [0.05, 0.1) is 31.8 Å². The van der Waals surface area contributed by atoms with Gasteiger partial charge in [0.25, 0.3) is 5.91 Å². The molecule has 0 fully saturated rings. The second-order valence-corrected chi connectivity index (χ2v) is 7.30. The van der Waals surface area contributed by atoms with Gasteiger partial charge in [-0.3, -0.25) is 4.79 Å². The van der Waals surface area contributed by atoms with E-state index in [-0.39, 0.29) is 32.0 Å². The van der Waals surface area contributed by atoms with E-state index >= 15 is 0 Å². The summed E-state index contributed by atoms with van der Waals surface area (Å²) in [6.07, 6.45) is 0. The largest absolute Gasteiger partial charge is 0.343 e. The van der Waals surface area contributed by atoms with E-state index in [4.69, 9.17) is 46.4 Å². The van der Waals surface area contributed by atoms with Gasteiger partial charge in [-0.15, -0.1) is 11.3 Å². The van der Waals surface area contributed by atoms with Crippen molar-refractivity contribution in [2.45, 2.75) is 26.8 Å². The van der Waals surface area contributed by atoms with E-state index in [0.29, 0.717) is 0 Å². The minimum Gasteiger partial charge on any atom is -0.343 e. The SMILES string of the molecule is Cc1nc(C)c(C(C)NC(=O)c2nc(Cl)c(Cl)c(Cl)c2Cl)s1. The molecule has 1 atom stereocenters. The minimum atomic E-state index is -0.483. The average molecular weight is 399 g/mol. The zero-order chi connectivity index (χ0) is 16.6. The van der Waals surface area contributed by atoms with E-state index in [9.17, 15) is 4.79 Å². The van der Waals surface area contributed by atoms with E-state index in [1.165, 1.54) is 11.3 Å². The van der Waals surface area contributed by atoms with Crippen LogP contribution in [0.5, 0.6) is 0 Å². The minimum absolute atomic E-state index is 0.00551. The summed E-state index contributed by atoms with van der Waals surface area (Å²) in [5.41, 5.74) is 0.813. The number of carbonyl (C=O) groups excluding carboxylic acids is 1. The highest BCUT2D eigenvalue weighted by molar-refractivity contribution is 7.11. The predicted octanol–water partition coefficient (Wildman–Crippen LogP) is 5.26. The fraction of sp³-hybridized carbons (Fsp3) is 0.308. The lowest BCUT2D eigenvalue weighted by molar-refractivity contribution is 0.0935. The van der Waals surface area contributed by atoms with Crippen LogP contribution in [0.4, 0.5) is 0 Å². The summed E-state index contributed by atoms with van der Waals surface area (Å²) in [5, 5.41) is 3.66.